The van der Waals surface area contributed by atoms with E-state index >= 15 is 0 Å². The Bertz CT molecular complexity index is 1050. The summed E-state index contributed by atoms with van der Waals surface area (Å²) in [6.45, 7) is 19.1. The largest absolute Gasteiger partial charge is 0.259 e. The molecule has 4 nitrogen and oxygen atoms in total. The van der Waals surface area contributed by atoms with Crippen LogP contribution in [0.3, 0.4) is 0 Å². The van der Waals surface area contributed by atoms with E-state index in [1.807, 2.05) is 38.2 Å². The van der Waals surface area contributed by atoms with E-state index in [0.717, 1.165) is 16.6 Å². The van der Waals surface area contributed by atoms with Crippen LogP contribution in [-0.4, -0.2) is 22.4 Å². The van der Waals surface area contributed by atoms with E-state index in [1.165, 1.54) is 0 Å². The summed E-state index contributed by atoms with van der Waals surface area (Å²) < 4.78 is 0. The number of rotatable bonds is 8. The molecular weight excluding hydrogens is 344 g/mol. The first-order valence-electron chi connectivity index (χ1n) is 8.88. The van der Waals surface area contributed by atoms with Gasteiger partial charge in [-0.3, -0.25) is 9.98 Å². The van der Waals surface area contributed by atoms with Crippen molar-refractivity contribution in [3.63, 3.8) is 0 Å². The fraction of sp³-hybridized carbons (Fsp3) is 0.0833. The SMILES string of the molecule is C=C/C=C\c1nc2c(/C=C\C)c(/N=C\C)c(/N=C\C=C)c(C=C)c2nc1C=C. The maximum atomic E-state index is 4.86. The van der Waals surface area contributed by atoms with Crippen LogP contribution >= 0.6 is 0 Å². The summed E-state index contributed by atoms with van der Waals surface area (Å²) in [6, 6.07) is 0. The van der Waals surface area contributed by atoms with Crippen LogP contribution in [0.25, 0.3) is 35.3 Å². The molecule has 140 valence electrons. The number of aromatic nitrogens is 2. The second-order valence-corrected chi connectivity index (χ2v) is 5.62. The van der Waals surface area contributed by atoms with Gasteiger partial charge in [-0.2, -0.15) is 0 Å². The molecule has 0 unspecified atom stereocenters. The highest BCUT2D eigenvalue weighted by molar-refractivity contribution is 6.04. The Morgan fingerprint density at radius 3 is 2.00 bits per heavy atom. The summed E-state index contributed by atoms with van der Waals surface area (Å²) in [5.41, 5.74) is 5.78. The second-order valence-electron chi connectivity index (χ2n) is 5.62. The Morgan fingerprint density at radius 1 is 0.750 bits per heavy atom. The van der Waals surface area contributed by atoms with Gasteiger partial charge in [-0.05, 0) is 26.0 Å². The smallest absolute Gasteiger partial charge is 0.0996 e. The van der Waals surface area contributed by atoms with Crippen molar-refractivity contribution in [2.24, 2.45) is 9.98 Å². The fourth-order valence-corrected chi connectivity index (χ4v) is 2.78. The number of benzene rings is 1. The quantitative estimate of drug-likeness (QED) is 0.382. The minimum Gasteiger partial charge on any atom is -0.259 e. The molecule has 0 saturated carbocycles. The first kappa shape index (κ1) is 20.6. The molecule has 0 aliphatic heterocycles. The lowest BCUT2D eigenvalue weighted by molar-refractivity contribution is 1.23. The van der Waals surface area contributed by atoms with Gasteiger partial charge < -0.3 is 0 Å². The molecule has 1 aromatic heterocycles. The third-order valence-electron chi connectivity index (χ3n) is 3.88. The molecule has 0 fully saturated rings. The molecule has 0 aliphatic carbocycles. The predicted octanol–water partition coefficient (Wildman–Crippen LogP) is 6.76. The first-order chi connectivity index (χ1) is 13.7. The monoisotopic (exact) mass is 368 g/mol. The van der Waals surface area contributed by atoms with Crippen LogP contribution in [-0.2, 0) is 0 Å². The minimum atomic E-state index is 0.672. The van der Waals surface area contributed by atoms with Gasteiger partial charge in [0.2, 0.25) is 0 Å². The average Bonchev–Trinajstić information content (AvgIpc) is 2.71. The lowest BCUT2D eigenvalue weighted by atomic mass is 10.0. The lowest BCUT2D eigenvalue weighted by Crippen LogP contribution is -1.99. The van der Waals surface area contributed by atoms with Crippen molar-refractivity contribution in [3.8, 4) is 0 Å². The van der Waals surface area contributed by atoms with Crippen molar-refractivity contribution in [2.75, 3.05) is 0 Å². The zero-order chi connectivity index (χ0) is 20.5. The van der Waals surface area contributed by atoms with Crippen LogP contribution < -0.4 is 0 Å². The van der Waals surface area contributed by atoms with Crippen molar-refractivity contribution in [1.29, 1.82) is 0 Å². The Hall–Kier alpha value is -3.66. The maximum Gasteiger partial charge on any atom is 0.0996 e. The van der Waals surface area contributed by atoms with Crippen molar-refractivity contribution in [1.82, 2.24) is 9.97 Å². The summed E-state index contributed by atoms with van der Waals surface area (Å²) in [7, 11) is 0. The molecule has 0 bridgehead atoms. The minimum absolute atomic E-state index is 0.672. The van der Waals surface area contributed by atoms with Gasteiger partial charge in [0.05, 0.1) is 33.8 Å². The Balaban J connectivity index is 3.15. The number of aliphatic imine (C=N–C) groups is 2. The van der Waals surface area contributed by atoms with E-state index in [9.17, 15) is 0 Å². The topological polar surface area (TPSA) is 50.5 Å². The van der Waals surface area contributed by atoms with Crippen molar-refractivity contribution < 1.29 is 0 Å². The van der Waals surface area contributed by atoms with Crippen LogP contribution in [0, 0.1) is 0 Å². The van der Waals surface area contributed by atoms with Crippen LogP contribution in [0.4, 0.5) is 11.4 Å². The molecule has 1 heterocycles. The summed E-state index contributed by atoms with van der Waals surface area (Å²) in [6.07, 6.45) is 17.7. The summed E-state index contributed by atoms with van der Waals surface area (Å²) in [5, 5.41) is 0. The normalized spacial score (nSPS) is 11.9. The zero-order valence-electron chi connectivity index (χ0n) is 16.4. The van der Waals surface area contributed by atoms with Crippen LogP contribution in [0.1, 0.15) is 36.4 Å². The molecule has 28 heavy (non-hydrogen) atoms. The highest BCUT2D eigenvalue weighted by atomic mass is 14.9. The highest BCUT2D eigenvalue weighted by Crippen LogP contribution is 2.42. The fourth-order valence-electron chi connectivity index (χ4n) is 2.78. The summed E-state index contributed by atoms with van der Waals surface area (Å²) in [5.74, 6) is 0. The molecule has 0 aliphatic rings. The van der Waals surface area contributed by atoms with Crippen molar-refractivity contribution in [3.05, 3.63) is 73.1 Å². The number of hydrogen-bond donors (Lipinski definition) is 0. The number of allylic oxidation sites excluding steroid dienone is 4. The summed E-state index contributed by atoms with van der Waals surface area (Å²) >= 11 is 0. The van der Waals surface area contributed by atoms with Gasteiger partial charge in [0.1, 0.15) is 0 Å². The van der Waals surface area contributed by atoms with E-state index in [4.69, 9.17) is 9.97 Å². The third-order valence-corrected chi connectivity index (χ3v) is 3.88. The van der Waals surface area contributed by atoms with Crippen LogP contribution in [0.15, 0.2) is 60.6 Å². The molecular formula is C24H24N4. The molecule has 2 aromatic rings. The Kier molecular flexibility index (Phi) is 7.28. The van der Waals surface area contributed by atoms with Gasteiger partial charge in [-0.1, -0.05) is 62.8 Å². The second kappa shape index (κ2) is 9.88. The van der Waals surface area contributed by atoms with E-state index in [0.29, 0.717) is 28.3 Å². The van der Waals surface area contributed by atoms with Crippen molar-refractivity contribution >= 4 is 59.1 Å². The van der Waals surface area contributed by atoms with Gasteiger partial charge in [0.15, 0.2) is 0 Å². The number of nitrogens with zero attached hydrogens (tertiary/aromatic N) is 4. The maximum absolute atomic E-state index is 4.86. The molecule has 0 saturated heterocycles. The van der Waals surface area contributed by atoms with Gasteiger partial charge in [0, 0.05) is 23.6 Å². The molecule has 4 heteroatoms. The number of hydrogen-bond acceptors (Lipinski definition) is 4. The highest BCUT2D eigenvalue weighted by Gasteiger charge is 2.19. The molecule has 1 aromatic carbocycles. The molecule has 0 atom stereocenters. The number of fused-ring (bicyclic) bond motifs is 1. The van der Waals surface area contributed by atoms with Gasteiger partial charge in [0.25, 0.3) is 0 Å². The molecule has 2 rings (SSSR count). The predicted molar refractivity (Wildman–Crippen MR) is 126 cm³/mol. The summed E-state index contributed by atoms with van der Waals surface area (Å²) in [4.78, 5) is 18.8. The molecule has 0 N–H and O–H groups in total. The lowest BCUT2D eigenvalue weighted by Gasteiger charge is -2.15. The molecule has 0 radical (unpaired) electrons. The Morgan fingerprint density at radius 2 is 1.43 bits per heavy atom. The van der Waals surface area contributed by atoms with E-state index < -0.39 is 0 Å². The molecule has 0 amide bonds. The molecule has 0 spiro atoms. The van der Waals surface area contributed by atoms with Crippen LogP contribution in [0.5, 0.6) is 0 Å². The van der Waals surface area contributed by atoms with Gasteiger partial charge in [-0.25, -0.2) is 9.97 Å². The van der Waals surface area contributed by atoms with E-state index in [-0.39, 0.29) is 0 Å². The van der Waals surface area contributed by atoms with E-state index in [1.54, 1.807) is 36.7 Å². The first-order valence-corrected chi connectivity index (χ1v) is 8.88. The Labute approximate surface area is 166 Å². The van der Waals surface area contributed by atoms with Gasteiger partial charge >= 0.3 is 0 Å². The van der Waals surface area contributed by atoms with Crippen LogP contribution in [0.2, 0.25) is 0 Å². The average molecular weight is 368 g/mol. The van der Waals surface area contributed by atoms with Gasteiger partial charge in [-0.15, -0.1) is 0 Å². The zero-order valence-corrected chi connectivity index (χ0v) is 16.4. The third kappa shape index (κ3) is 4.01. The van der Waals surface area contributed by atoms with E-state index in [2.05, 4.69) is 36.3 Å². The van der Waals surface area contributed by atoms with Crippen molar-refractivity contribution in [2.45, 2.75) is 13.8 Å². The standard InChI is InChI=1S/C24H24N4/c1-7-13-15-20-19(11-5)27-23-17(10-4)21(26-16-9-3)22(25-12-6)18(14-8-2)24(23)28-20/h7-16H,1,3-5H2,2,6H3/b14-8-,15-13-,25-12-,26-16-.